The van der Waals surface area contributed by atoms with Gasteiger partial charge < -0.3 is 9.47 Å². The topological polar surface area (TPSA) is 81.9 Å². The molecule has 0 aliphatic carbocycles. The first-order chi connectivity index (χ1) is 9.01. The summed E-state index contributed by atoms with van der Waals surface area (Å²) in [4.78, 5) is 23.9. The maximum Gasteiger partial charge on any atom is 0.330 e. The number of carbonyl (C=O) groups excluding carboxylic acids is 2. The Kier molecular flexibility index (Phi) is 5.98. The number of ether oxygens (including phenoxy) is 2. The number of hydrazine groups is 1. The van der Waals surface area contributed by atoms with Gasteiger partial charge in [-0.1, -0.05) is 12.5 Å². The molecule has 1 saturated heterocycles. The molecule has 0 aromatic heterocycles. The van der Waals surface area contributed by atoms with Crippen molar-refractivity contribution >= 4 is 11.9 Å². The van der Waals surface area contributed by atoms with Crippen molar-refractivity contribution < 1.29 is 19.1 Å². The Morgan fingerprint density at radius 2 is 2.11 bits per heavy atom. The summed E-state index contributed by atoms with van der Waals surface area (Å²) in [5, 5.41) is 0.963. The first kappa shape index (κ1) is 15.7. The number of carbonyl (C=O) groups is 2. The zero-order valence-corrected chi connectivity index (χ0v) is 11.7. The molecule has 0 bridgehead atoms. The molecule has 6 heteroatoms. The molecule has 0 saturated carbocycles. The SMILES string of the molecule is CCOC(=O)C(C1COC1)N(N)C(=O)/C=C(\C)CC. The van der Waals surface area contributed by atoms with Crippen LogP contribution in [0, 0.1) is 5.92 Å². The second kappa shape index (κ2) is 7.25. The van der Waals surface area contributed by atoms with Gasteiger partial charge in [-0.05, 0) is 20.3 Å². The molecule has 1 amide bonds. The highest BCUT2D eigenvalue weighted by molar-refractivity contribution is 5.91. The lowest BCUT2D eigenvalue weighted by molar-refractivity contribution is -0.165. The van der Waals surface area contributed by atoms with Crippen LogP contribution in [0.15, 0.2) is 11.6 Å². The van der Waals surface area contributed by atoms with Crippen molar-refractivity contribution in [2.45, 2.75) is 33.2 Å². The van der Waals surface area contributed by atoms with E-state index in [1.807, 2.05) is 13.8 Å². The molecule has 0 radical (unpaired) electrons. The number of allylic oxidation sites excluding steroid dienone is 1. The Morgan fingerprint density at radius 3 is 2.53 bits per heavy atom. The molecule has 19 heavy (non-hydrogen) atoms. The van der Waals surface area contributed by atoms with E-state index in [1.165, 1.54) is 6.08 Å². The molecule has 0 spiro atoms. The van der Waals surface area contributed by atoms with Gasteiger partial charge in [-0.3, -0.25) is 9.80 Å². The quantitative estimate of drug-likeness (QED) is 0.251. The molecule has 0 aromatic carbocycles. The molecule has 108 valence electrons. The number of hydrogen-bond acceptors (Lipinski definition) is 5. The molecule has 1 fully saturated rings. The third kappa shape index (κ3) is 4.04. The predicted molar refractivity (Wildman–Crippen MR) is 69.8 cm³/mol. The monoisotopic (exact) mass is 270 g/mol. The summed E-state index contributed by atoms with van der Waals surface area (Å²) in [6.45, 7) is 6.60. The van der Waals surface area contributed by atoms with Gasteiger partial charge in [0.05, 0.1) is 19.8 Å². The third-order valence-corrected chi connectivity index (χ3v) is 3.12. The molecule has 1 heterocycles. The van der Waals surface area contributed by atoms with Crippen molar-refractivity contribution in [1.82, 2.24) is 5.01 Å². The fourth-order valence-corrected chi connectivity index (χ4v) is 1.72. The molecular formula is C13H22N2O4. The van der Waals surface area contributed by atoms with Gasteiger partial charge in [0.25, 0.3) is 5.91 Å². The van der Waals surface area contributed by atoms with Gasteiger partial charge >= 0.3 is 5.97 Å². The van der Waals surface area contributed by atoms with Crippen molar-refractivity contribution in [3.05, 3.63) is 11.6 Å². The van der Waals surface area contributed by atoms with Crippen LogP contribution >= 0.6 is 0 Å². The van der Waals surface area contributed by atoms with Crippen LogP contribution in [-0.2, 0) is 19.1 Å². The van der Waals surface area contributed by atoms with E-state index in [0.717, 1.165) is 17.0 Å². The molecule has 1 unspecified atom stereocenters. The average molecular weight is 270 g/mol. The molecule has 0 aromatic rings. The zero-order chi connectivity index (χ0) is 14.4. The van der Waals surface area contributed by atoms with Crippen molar-refractivity contribution in [3.8, 4) is 0 Å². The van der Waals surface area contributed by atoms with E-state index < -0.39 is 12.0 Å². The lowest BCUT2D eigenvalue weighted by atomic mass is 9.97. The Hall–Kier alpha value is -1.40. The van der Waals surface area contributed by atoms with E-state index in [-0.39, 0.29) is 18.4 Å². The van der Waals surface area contributed by atoms with Gasteiger partial charge in [0.2, 0.25) is 0 Å². The van der Waals surface area contributed by atoms with Gasteiger partial charge in [-0.2, -0.15) is 0 Å². The molecular weight excluding hydrogens is 248 g/mol. The van der Waals surface area contributed by atoms with Crippen LogP contribution < -0.4 is 5.84 Å². The summed E-state index contributed by atoms with van der Waals surface area (Å²) in [5.41, 5.74) is 0.910. The van der Waals surface area contributed by atoms with E-state index >= 15 is 0 Å². The van der Waals surface area contributed by atoms with Gasteiger partial charge in [0.1, 0.15) is 0 Å². The Balaban J connectivity index is 2.78. The molecule has 2 N–H and O–H groups in total. The van der Waals surface area contributed by atoms with Crippen LogP contribution in [0.4, 0.5) is 0 Å². The van der Waals surface area contributed by atoms with Crippen LogP contribution in [0.3, 0.4) is 0 Å². The molecule has 6 nitrogen and oxygen atoms in total. The van der Waals surface area contributed by atoms with Gasteiger partial charge in [0, 0.05) is 12.0 Å². The van der Waals surface area contributed by atoms with Crippen LogP contribution in [0.5, 0.6) is 0 Å². The highest BCUT2D eigenvalue weighted by atomic mass is 16.5. The second-order valence-electron chi connectivity index (χ2n) is 4.58. The smallest absolute Gasteiger partial charge is 0.330 e. The minimum atomic E-state index is -0.776. The normalized spacial score (nSPS) is 17.6. The molecule has 1 aliphatic heterocycles. The standard InChI is InChI=1S/C13H22N2O4/c1-4-9(3)6-11(16)15(14)12(10-7-18-8-10)13(17)19-5-2/h6,10,12H,4-5,7-8,14H2,1-3H3/b9-6+. The number of nitrogens with two attached hydrogens (primary N) is 1. The van der Waals surface area contributed by atoms with Crippen LogP contribution in [0.2, 0.25) is 0 Å². The summed E-state index contributed by atoms with van der Waals surface area (Å²) in [7, 11) is 0. The number of nitrogens with zero attached hydrogens (tertiary/aromatic N) is 1. The molecule has 1 aliphatic rings. The van der Waals surface area contributed by atoms with Crippen LogP contribution in [0.1, 0.15) is 27.2 Å². The van der Waals surface area contributed by atoms with Crippen molar-refractivity contribution in [1.29, 1.82) is 0 Å². The number of hydrogen-bond donors (Lipinski definition) is 1. The Bertz CT molecular complexity index is 364. The Morgan fingerprint density at radius 1 is 1.47 bits per heavy atom. The average Bonchev–Trinajstić information content (AvgIpc) is 2.32. The summed E-state index contributed by atoms with van der Waals surface area (Å²) in [6, 6.07) is -0.776. The van der Waals surface area contributed by atoms with E-state index in [1.54, 1.807) is 6.92 Å². The maximum atomic E-state index is 12.0. The summed E-state index contributed by atoms with van der Waals surface area (Å²) in [5.74, 6) is 4.83. The highest BCUT2D eigenvalue weighted by Gasteiger charge is 2.39. The summed E-state index contributed by atoms with van der Waals surface area (Å²) >= 11 is 0. The van der Waals surface area contributed by atoms with Crippen LogP contribution in [0.25, 0.3) is 0 Å². The number of amides is 1. The number of esters is 1. The predicted octanol–water partition coefficient (Wildman–Crippen LogP) is 0.623. The van der Waals surface area contributed by atoms with Crippen molar-refractivity contribution in [3.63, 3.8) is 0 Å². The fraction of sp³-hybridized carbons (Fsp3) is 0.692. The van der Waals surface area contributed by atoms with Crippen LogP contribution in [-0.4, -0.2) is 42.7 Å². The largest absolute Gasteiger partial charge is 0.464 e. The van der Waals surface area contributed by atoms with E-state index in [0.29, 0.717) is 13.2 Å². The summed E-state index contributed by atoms with van der Waals surface area (Å²) in [6.07, 6.45) is 2.21. The highest BCUT2D eigenvalue weighted by Crippen LogP contribution is 2.20. The van der Waals surface area contributed by atoms with E-state index in [2.05, 4.69) is 0 Å². The van der Waals surface area contributed by atoms with Crippen molar-refractivity contribution in [2.75, 3.05) is 19.8 Å². The fourth-order valence-electron chi connectivity index (χ4n) is 1.72. The lowest BCUT2D eigenvalue weighted by Gasteiger charge is -2.36. The van der Waals surface area contributed by atoms with Gasteiger partial charge in [-0.25, -0.2) is 10.6 Å². The van der Waals surface area contributed by atoms with Gasteiger partial charge in [0.15, 0.2) is 6.04 Å². The third-order valence-electron chi connectivity index (χ3n) is 3.12. The van der Waals surface area contributed by atoms with Crippen molar-refractivity contribution in [2.24, 2.45) is 11.8 Å². The zero-order valence-electron chi connectivity index (χ0n) is 11.7. The molecule has 1 atom stereocenters. The maximum absolute atomic E-state index is 12.0. The first-order valence-corrected chi connectivity index (χ1v) is 6.50. The first-order valence-electron chi connectivity index (χ1n) is 6.50. The minimum absolute atomic E-state index is 0.0941. The second-order valence-corrected chi connectivity index (χ2v) is 4.58. The molecule has 1 rings (SSSR count). The lowest BCUT2D eigenvalue weighted by Crippen LogP contribution is -2.57. The Labute approximate surface area is 113 Å². The van der Waals surface area contributed by atoms with E-state index in [9.17, 15) is 9.59 Å². The van der Waals surface area contributed by atoms with Gasteiger partial charge in [-0.15, -0.1) is 0 Å². The van der Waals surface area contributed by atoms with E-state index in [4.69, 9.17) is 15.3 Å². The number of rotatable bonds is 6. The minimum Gasteiger partial charge on any atom is -0.464 e. The summed E-state index contributed by atoms with van der Waals surface area (Å²) < 4.78 is 10.0.